The molecular weight excluding hydrogens is 348 g/mol. The zero-order valence-corrected chi connectivity index (χ0v) is 15.2. The minimum Gasteiger partial charge on any atom is -0.484 e. The van der Waals surface area contributed by atoms with Crippen LogP contribution >= 0.6 is 0 Å². The van der Waals surface area contributed by atoms with Crippen LogP contribution in [0.2, 0.25) is 0 Å². The fourth-order valence-electron chi connectivity index (χ4n) is 2.10. The van der Waals surface area contributed by atoms with E-state index in [4.69, 9.17) is 14.6 Å². The Kier molecular flexibility index (Phi) is 7.37. The Hall–Kier alpha value is -3.35. The molecule has 0 aliphatic heterocycles. The van der Waals surface area contributed by atoms with Crippen molar-refractivity contribution in [2.75, 3.05) is 13.2 Å². The van der Waals surface area contributed by atoms with Gasteiger partial charge in [0, 0.05) is 0 Å². The van der Waals surface area contributed by atoms with Crippen molar-refractivity contribution < 1.29 is 24.2 Å². The Morgan fingerprint density at radius 1 is 1.00 bits per heavy atom. The molecule has 0 aliphatic rings. The van der Waals surface area contributed by atoms with Gasteiger partial charge in [-0.15, -0.1) is 0 Å². The second-order valence-corrected chi connectivity index (χ2v) is 6.06. The van der Waals surface area contributed by atoms with Crippen LogP contribution in [-0.4, -0.2) is 36.4 Å². The summed E-state index contributed by atoms with van der Waals surface area (Å²) in [5.41, 5.74) is 4.31. The smallest absolute Gasteiger partial charge is 0.341 e. The Balaban J connectivity index is 1.75. The number of carboxylic acid groups (broad SMARTS) is 1. The van der Waals surface area contributed by atoms with Crippen molar-refractivity contribution >= 4 is 18.1 Å². The molecule has 0 radical (unpaired) electrons. The molecule has 0 saturated carbocycles. The molecule has 142 valence electrons. The second-order valence-electron chi connectivity index (χ2n) is 6.06. The van der Waals surface area contributed by atoms with Crippen LogP contribution in [0.3, 0.4) is 0 Å². The summed E-state index contributed by atoms with van der Waals surface area (Å²) in [6.45, 7) is 3.68. The Morgan fingerprint density at radius 2 is 1.56 bits per heavy atom. The van der Waals surface area contributed by atoms with E-state index in [0.29, 0.717) is 17.4 Å². The van der Waals surface area contributed by atoms with Gasteiger partial charge in [0.25, 0.3) is 5.91 Å². The molecule has 7 nitrogen and oxygen atoms in total. The van der Waals surface area contributed by atoms with Crippen molar-refractivity contribution in [1.82, 2.24) is 5.43 Å². The number of rotatable bonds is 9. The SMILES string of the molecule is CC(C)c1ccc(OCC(=O)N/N=C/c2ccc(OCC(=O)O)cc2)cc1. The lowest BCUT2D eigenvalue weighted by Gasteiger charge is -2.08. The van der Waals surface area contributed by atoms with E-state index < -0.39 is 12.6 Å². The van der Waals surface area contributed by atoms with Crippen LogP contribution in [-0.2, 0) is 9.59 Å². The summed E-state index contributed by atoms with van der Waals surface area (Å²) in [5.74, 6) is 0.0856. The number of benzene rings is 2. The number of carbonyl (C=O) groups is 2. The number of hydrogen-bond acceptors (Lipinski definition) is 5. The first-order chi connectivity index (χ1) is 12.9. The molecule has 2 aromatic carbocycles. The fraction of sp³-hybridized carbons (Fsp3) is 0.250. The first kappa shape index (κ1) is 20.0. The topological polar surface area (TPSA) is 97.2 Å². The molecule has 0 saturated heterocycles. The average Bonchev–Trinajstić information content (AvgIpc) is 2.66. The summed E-state index contributed by atoms with van der Waals surface area (Å²) in [7, 11) is 0. The number of nitrogens with zero attached hydrogens (tertiary/aromatic N) is 1. The summed E-state index contributed by atoms with van der Waals surface area (Å²) in [6.07, 6.45) is 1.47. The molecule has 7 heteroatoms. The molecule has 0 fully saturated rings. The highest BCUT2D eigenvalue weighted by atomic mass is 16.5. The number of hydrazone groups is 1. The van der Waals surface area contributed by atoms with E-state index in [1.807, 2.05) is 24.3 Å². The first-order valence-electron chi connectivity index (χ1n) is 8.43. The number of aliphatic carboxylic acids is 1. The van der Waals surface area contributed by atoms with Crippen molar-refractivity contribution in [2.24, 2.45) is 5.10 Å². The minimum atomic E-state index is -1.04. The van der Waals surface area contributed by atoms with Crippen molar-refractivity contribution in [3.05, 3.63) is 59.7 Å². The van der Waals surface area contributed by atoms with E-state index in [2.05, 4.69) is 24.4 Å². The molecule has 27 heavy (non-hydrogen) atoms. The molecule has 0 aliphatic carbocycles. The van der Waals surface area contributed by atoms with Gasteiger partial charge in [0.2, 0.25) is 0 Å². The number of nitrogens with one attached hydrogen (secondary N) is 1. The number of ether oxygens (including phenoxy) is 2. The predicted molar refractivity (Wildman–Crippen MR) is 101 cm³/mol. The van der Waals surface area contributed by atoms with Gasteiger partial charge in [-0.1, -0.05) is 26.0 Å². The van der Waals surface area contributed by atoms with Crippen LogP contribution in [0.1, 0.15) is 30.9 Å². The third-order valence-corrected chi connectivity index (χ3v) is 3.56. The van der Waals surface area contributed by atoms with Crippen molar-refractivity contribution in [3.8, 4) is 11.5 Å². The van der Waals surface area contributed by atoms with Crippen LogP contribution in [0.5, 0.6) is 11.5 Å². The summed E-state index contributed by atoms with van der Waals surface area (Å²) in [5, 5.41) is 12.4. The molecule has 0 bridgehead atoms. The van der Waals surface area contributed by atoms with Gasteiger partial charge in [0.1, 0.15) is 11.5 Å². The predicted octanol–water partition coefficient (Wildman–Crippen LogP) is 2.80. The van der Waals surface area contributed by atoms with Crippen molar-refractivity contribution in [1.29, 1.82) is 0 Å². The third kappa shape index (κ3) is 7.19. The lowest BCUT2D eigenvalue weighted by Crippen LogP contribution is -2.24. The summed E-state index contributed by atoms with van der Waals surface area (Å²) < 4.78 is 10.4. The standard InChI is InChI=1S/C20H22N2O5/c1-14(2)16-5-9-18(10-6-16)26-12-19(23)22-21-11-15-3-7-17(8-4-15)27-13-20(24)25/h3-11,14H,12-13H2,1-2H3,(H,22,23)(H,24,25)/b21-11+. The van der Waals surface area contributed by atoms with Gasteiger partial charge in [-0.2, -0.15) is 5.10 Å². The molecule has 0 atom stereocenters. The van der Waals surface area contributed by atoms with Gasteiger partial charge < -0.3 is 14.6 Å². The number of amides is 1. The Labute approximate surface area is 157 Å². The van der Waals surface area contributed by atoms with Gasteiger partial charge >= 0.3 is 5.97 Å². The fourth-order valence-corrected chi connectivity index (χ4v) is 2.10. The largest absolute Gasteiger partial charge is 0.484 e. The van der Waals surface area contributed by atoms with Crippen LogP contribution < -0.4 is 14.9 Å². The van der Waals surface area contributed by atoms with Gasteiger partial charge in [-0.05, 0) is 53.4 Å². The van der Waals surface area contributed by atoms with E-state index in [1.54, 1.807) is 24.3 Å². The summed E-state index contributed by atoms with van der Waals surface area (Å²) >= 11 is 0. The Morgan fingerprint density at radius 3 is 2.11 bits per heavy atom. The molecule has 0 heterocycles. The highest BCUT2D eigenvalue weighted by molar-refractivity contribution is 5.83. The van der Waals surface area contributed by atoms with E-state index in [0.717, 1.165) is 5.56 Å². The molecule has 2 N–H and O–H groups in total. The minimum absolute atomic E-state index is 0.139. The zero-order valence-electron chi connectivity index (χ0n) is 15.2. The summed E-state index contributed by atoms with van der Waals surface area (Å²) in [6, 6.07) is 14.2. The van der Waals surface area contributed by atoms with Crippen LogP contribution in [0, 0.1) is 0 Å². The number of carboxylic acids is 1. The molecular formula is C20H22N2O5. The quantitative estimate of drug-likeness (QED) is 0.523. The molecule has 1 amide bonds. The van der Waals surface area contributed by atoms with E-state index >= 15 is 0 Å². The molecule has 2 rings (SSSR count). The monoisotopic (exact) mass is 370 g/mol. The van der Waals surface area contributed by atoms with Crippen LogP contribution in [0.25, 0.3) is 0 Å². The maximum Gasteiger partial charge on any atom is 0.341 e. The Bertz CT molecular complexity index is 783. The molecule has 0 unspecified atom stereocenters. The molecule has 2 aromatic rings. The maximum absolute atomic E-state index is 11.8. The highest BCUT2D eigenvalue weighted by Gasteiger charge is 2.03. The van der Waals surface area contributed by atoms with Gasteiger partial charge in [0.05, 0.1) is 6.21 Å². The lowest BCUT2D eigenvalue weighted by atomic mass is 10.0. The van der Waals surface area contributed by atoms with Crippen LogP contribution in [0.4, 0.5) is 0 Å². The number of hydrogen-bond donors (Lipinski definition) is 2. The van der Waals surface area contributed by atoms with E-state index in [-0.39, 0.29) is 12.5 Å². The highest BCUT2D eigenvalue weighted by Crippen LogP contribution is 2.18. The van der Waals surface area contributed by atoms with E-state index in [9.17, 15) is 9.59 Å². The molecule has 0 spiro atoms. The zero-order chi connectivity index (χ0) is 19.6. The normalized spacial score (nSPS) is 10.8. The van der Waals surface area contributed by atoms with Gasteiger partial charge in [-0.25, -0.2) is 10.2 Å². The first-order valence-corrected chi connectivity index (χ1v) is 8.43. The average molecular weight is 370 g/mol. The maximum atomic E-state index is 11.8. The van der Waals surface area contributed by atoms with Gasteiger partial charge in [0.15, 0.2) is 13.2 Å². The van der Waals surface area contributed by atoms with E-state index in [1.165, 1.54) is 11.8 Å². The van der Waals surface area contributed by atoms with Crippen molar-refractivity contribution in [2.45, 2.75) is 19.8 Å². The third-order valence-electron chi connectivity index (χ3n) is 3.56. The van der Waals surface area contributed by atoms with Crippen LogP contribution in [0.15, 0.2) is 53.6 Å². The lowest BCUT2D eigenvalue weighted by molar-refractivity contribution is -0.139. The second kappa shape index (κ2) is 9.96. The summed E-state index contributed by atoms with van der Waals surface area (Å²) in [4.78, 5) is 22.2. The van der Waals surface area contributed by atoms with Crippen molar-refractivity contribution in [3.63, 3.8) is 0 Å². The number of carbonyl (C=O) groups excluding carboxylic acids is 1. The molecule has 0 aromatic heterocycles. The van der Waals surface area contributed by atoms with Gasteiger partial charge in [-0.3, -0.25) is 4.79 Å².